The van der Waals surface area contributed by atoms with Crippen LogP contribution >= 0.6 is 58.0 Å². The van der Waals surface area contributed by atoms with Gasteiger partial charge in [0.25, 0.3) is 11.8 Å². The Bertz CT molecular complexity index is 6540. The molecule has 2 amide bonds. The summed E-state index contributed by atoms with van der Waals surface area (Å²) in [4.78, 5) is 60.7. The number of aryl methyl sites for hydroxylation is 2. The number of benzene rings is 11. The predicted molar refractivity (Wildman–Crippen MR) is 443 cm³/mol. The topological polar surface area (TPSA) is 207 Å². The van der Waals surface area contributed by atoms with Crippen LogP contribution in [0.15, 0.2) is 255 Å². The molecule has 0 aliphatic heterocycles. The fraction of sp³-hybridized carbons (Fsp3) is 0.102. The Hall–Kier alpha value is -13.1. The van der Waals surface area contributed by atoms with Crippen LogP contribution in [0, 0.1) is 6.92 Å². The molecule has 2 N–H and O–H groups in total. The molecule has 122 heavy (non-hydrogen) atoms. The van der Waals surface area contributed by atoms with Crippen LogP contribution in [0.25, 0.3) is 89.2 Å². The molecule has 5 heterocycles. The van der Waals surface area contributed by atoms with Crippen LogP contribution in [0.3, 0.4) is 0 Å². The third kappa shape index (κ3) is 21.6. The number of methoxy groups -OCH3 is 1. The fourth-order valence-electron chi connectivity index (χ4n) is 11.9. The minimum Gasteiger partial charge on any atom is -0.497 e. The third-order valence-corrected chi connectivity index (χ3v) is 19.7. The number of aromatic nitrogens is 10. The summed E-state index contributed by atoms with van der Waals surface area (Å²) < 4.78 is 175. The lowest BCUT2D eigenvalue weighted by Crippen LogP contribution is -2.13. The average molecular weight is 1770 g/mol. The maximum Gasteiger partial charge on any atom is 0.416 e. The number of amides is 2. The van der Waals surface area contributed by atoms with Crippen molar-refractivity contribution in [3.05, 3.63) is 331 Å². The van der Waals surface area contributed by atoms with Gasteiger partial charge in [0.1, 0.15) is 30.5 Å². The molecule has 0 fully saturated rings. The van der Waals surface area contributed by atoms with Gasteiger partial charge in [-0.25, -0.2) is 19.9 Å². The Balaban J connectivity index is 0.000000141. The number of para-hydroxylation sites is 6. The predicted octanol–water partition coefficient (Wildman–Crippen LogP) is 25.2. The molecule has 0 aliphatic rings. The lowest BCUT2D eigenvalue weighted by atomic mass is 10.1. The highest BCUT2D eigenvalue weighted by Gasteiger charge is 2.39. The zero-order valence-electron chi connectivity index (χ0n) is 63.1. The molecule has 16 aromatic rings. The molecular weight excluding hydrogens is 1710 g/mol. The van der Waals surface area contributed by atoms with Crippen LogP contribution < -0.4 is 24.8 Å². The van der Waals surface area contributed by atoms with Crippen molar-refractivity contribution in [3.63, 3.8) is 0 Å². The monoisotopic (exact) mass is 1760 g/mol. The van der Waals surface area contributed by atoms with E-state index in [4.69, 9.17) is 72.2 Å². The standard InChI is InChI=1S/C24H15ClF6N2O2.C23H13ClF6N2O.C21H13Cl2N3O.C20H16ClN5O/c1-34-16-3-5-20-21(10-16)32-11-22(33-20)18-9-17(2-4-19(18)25)35-12-13-6-14(23(26,27)28)8-15(7-13)24(29,30)31;24-18-6-5-16(10-17(18)21-11-31-19-3-1-2-4-20(19)32-21)33-12-13-7-14(22(25,26)27)9-15(8-13)23(28,29)30;22-16-6-2-1-5-14(16)21(27)25-13-9-10-17(23)15(11-13)20-12-24-18-7-3-4-8-19(18)26-20;1-12-9-18(25-26(12)2)20(27)23-13-7-8-15(21)14(10-13)19-11-22-16-5-3-4-6-17(16)24-19/h2-11H,12H2,1H3;1-11H,12H2;1-12H,(H,25,27);3-11H,1-2H3,(H,23,27). The molecule has 5 aromatic heterocycles. The highest BCUT2D eigenvalue weighted by atomic mass is 35.5. The summed E-state index contributed by atoms with van der Waals surface area (Å²) in [5, 5.41) is 12.0. The molecule has 0 saturated heterocycles. The number of halogens is 17. The molecule has 34 heteroatoms. The van der Waals surface area contributed by atoms with Gasteiger partial charge in [0, 0.05) is 52.4 Å². The first kappa shape index (κ1) is 86.8. The summed E-state index contributed by atoms with van der Waals surface area (Å²) >= 11 is 31.4. The second kappa shape index (κ2) is 36.9. The van der Waals surface area contributed by atoms with Gasteiger partial charge in [0.05, 0.1) is 152 Å². The molecule has 0 bridgehead atoms. The summed E-state index contributed by atoms with van der Waals surface area (Å²) in [6.07, 6.45) is -13.4. The smallest absolute Gasteiger partial charge is 0.416 e. The van der Waals surface area contributed by atoms with E-state index in [2.05, 4.69) is 55.6 Å². The number of alkyl halides is 12. The Labute approximate surface area is 709 Å². The number of hydrogen-bond acceptors (Lipinski definition) is 14. The van der Waals surface area contributed by atoms with Crippen molar-refractivity contribution in [1.29, 1.82) is 0 Å². The highest BCUT2D eigenvalue weighted by Crippen LogP contribution is 2.41. The average Bonchev–Trinajstić information content (AvgIpc) is 1.35. The summed E-state index contributed by atoms with van der Waals surface area (Å²) in [6, 6.07) is 58.1. The molecule has 0 radical (unpaired) electrons. The number of anilines is 2. The minimum absolute atomic E-state index is 0.0673. The van der Waals surface area contributed by atoms with Crippen molar-refractivity contribution in [2.45, 2.75) is 44.8 Å². The lowest BCUT2D eigenvalue weighted by Gasteiger charge is -2.15. The third-order valence-electron chi connectivity index (χ3n) is 18.1. The van der Waals surface area contributed by atoms with E-state index in [1.807, 2.05) is 61.5 Å². The molecule has 0 aliphatic carbocycles. The van der Waals surface area contributed by atoms with Gasteiger partial charge in [0.15, 0.2) is 5.69 Å². The van der Waals surface area contributed by atoms with Crippen molar-refractivity contribution >= 4 is 125 Å². The van der Waals surface area contributed by atoms with Crippen molar-refractivity contribution in [2.75, 3.05) is 17.7 Å². The number of rotatable bonds is 15. The number of hydrogen-bond donors (Lipinski definition) is 2. The van der Waals surface area contributed by atoms with Gasteiger partial charge in [-0.3, -0.25) is 34.2 Å². The zero-order valence-corrected chi connectivity index (χ0v) is 66.9. The number of fused-ring (bicyclic) bond motifs is 4. The van der Waals surface area contributed by atoms with E-state index in [9.17, 15) is 62.3 Å². The molecule has 0 spiro atoms. The SMILES string of the molecule is COc1ccc2nc(-c3cc(OCc4cc(C(F)(F)F)cc(C(F)(F)F)c4)ccc3Cl)cnc2c1.Cc1cc(C(=O)Nc2ccc(Cl)c(-c3cnc4ccccc4n3)c2)nn1C.FC(F)(F)c1cc(COc2ccc(Cl)c(-c3cnc4ccccc4n3)c2)cc(C(F)(F)F)c1.O=C(Nc1ccc(Cl)c(-c2cnc3ccccc3n2)c1)c1ccccc1Cl. The van der Waals surface area contributed by atoms with E-state index in [-0.39, 0.29) is 46.6 Å². The van der Waals surface area contributed by atoms with Crippen LogP contribution in [0.1, 0.15) is 59.9 Å². The second-order valence-electron chi connectivity index (χ2n) is 26.6. The van der Waals surface area contributed by atoms with Gasteiger partial charge in [-0.15, -0.1) is 0 Å². The molecule has 11 aromatic carbocycles. The summed E-state index contributed by atoms with van der Waals surface area (Å²) in [7, 11) is 3.32. The number of nitrogens with zero attached hydrogens (tertiary/aromatic N) is 10. The number of carbonyl (C=O) groups is 2. The molecule has 0 saturated carbocycles. The van der Waals surface area contributed by atoms with Crippen molar-refractivity contribution in [1.82, 2.24) is 49.7 Å². The van der Waals surface area contributed by atoms with Gasteiger partial charge in [-0.05, 0) is 194 Å². The highest BCUT2D eigenvalue weighted by molar-refractivity contribution is 6.35. The van der Waals surface area contributed by atoms with Crippen LogP contribution in [0.2, 0.25) is 25.1 Å². The Morgan fingerprint density at radius 3 is 1.07 bits per heavy atom. The maximum atomic E-state index is 13.1. The Morgan fingerprint density at radius 1 is 0.361 bits per heavy atom. The molecule has 618 valence electrons. The van der Waals surface area contributed by atoms with Gasteiger partial charge in [-0.1, -0.05) is 107 Å². The number of carbonyl (C=O) groups excluding carboxylic acids is 2. The van der Waals surface area contributed by atoms with Crippen molar-refractivity contribution < 1.29 is 76.5 Å². The van der Waals surface area contributed by atoms with E-state index in [1.54, 1.807) is 127 Å². The van der Waals surface area contributed by atoms with Gasteiger partial charge >= 0.3 is 24.7 Å². The van der Waals surface area contributed by atoms with E-state index in [1.165, 1.54) is 55.9 Å². The summed E-state index contributed by atoms with van der Waals surface area (Å²) in [6.45, 7) is 0.845. The van der Waals surface area contributed by atoms with Crippen LogP contribution in [0.4, 0.5) is 64.1 Å². The van der Waals surface area contributed by atoms with E-state index >= 15 is 0 Å². The largest absolute Gasteiger partial charge is 0.497 e. The first-order valence-corrected chi connectivity index (χ1v) is 37.8. The van der Waals surface area contributed by atoms with Crippen LogP contribution in [0.5, 0.6) is 17.2 Å². The molecule has 0 atom stereocenters. The van der Waals surface area contributed by atoms with Crippen molar-refractivity contribution in [3.8, 4) is 62.3 Å². The van der Waals surface area contributed by atoms with E-state index in [0.29, 0.717) is 145 Å². The summed E-state index contributed by atoms with van der Waals surface area (Å²) in [5.41, 5.74) is 6.67. The summed E-state index contributed by atoms with van der Waals surface area (Å²) in [5.74, 6) is 0.397. The Kier molecular flexibility index (Phi) is 26.2. The second-order valence-corrected chi connectivity index (χ2v) is 28.6. The normalized spacial score (nSPS) is 11.6. The van der Waals surface area contributed by atoms with Crippen molar-refractivity contribution in [2.24, 2.45) is 7.05 Å². The quantitative estimate of drug-likeness (QED) is 0.0916. The molecule has 0 unspecified atom stereocenters. The van der Waals surface area contributed by atoms with Crippen LogP contribution in [-0.2, 0) is 45.0 Å². The first-order chi connectivity index (χ1) is 58.1. The molecule has 17 nitrogen and oxygen atoms in total. The number of ether oxygens (including phenoxy) is 3. The number of nitrogens with one attached hydrogen (secondary N) is 2. The van der Waals surface area contributed by atoms with Gasteiger partial charge in [-0.2, -0.15) is 57.8 Å². The maximum absolute atomic E-state index is 13.1. The zero-order chi connectivity index (χ0) is 87.0. The first-order valence-electron chi connectivity index (χ1n) is 35.9. The van der Waals surface area contributed by atoms with E-state index < -0.39 is 60.2 Å². The van der Waals surface area contributed by atoms with Gasteiger partial charge < -0.3 is 24.8 Å². The Morgan fingerprint density at radius 2 is 0.697 bits per heavy atom. The van der Waals surface area contributed by atoms with Gasteiger partial charge in [0.2, 0.25) is 0 Å². The lowest BCUT2D eigenvalue weighted by molar-refractivity contribution is -0.144. The minimum atomic E-state index is -4.94. The molecule has 16 rings (SSSR count). The fourth-order valence-corrected chi connectivity index (χ4v) is 13.0. The molecular formula is C88H57Cl5F12N12O5. The van der Waals surface area contributed by atoms with E-state index in [0.717, 1.165) is 27.8 Å². The van der Waals surface area contributed by atoms with Crippen LogP contribution in [-0.4, -0.2) is 68.6 Å².